The lowest BCUT2D eigenvalue weighted by atomic mass is 9.96. The first kappa shape index (κ1) is 17.0. The number of likely N-dealkylation sites (tertiary alicyclic amines) is 1. The molecule has 1 aliphatic heterocycles. The molecule has 0 aliphatic carbocycles. The van der Waals surface area contributed by atoms with Crippen LogP contribution in [0.1, 0.15) is 23.2 Å². The van der Waals surface area contributed by atoms with E-state index in [9.17, 15) is 9.59 Å². The number of nitrogens with zero attached hydrogens (tertiary/aromatic N) is 1. The lowest BCUT2D eigenvalue weighted by molar-refractivity contribution is -0.143. The number of carboxylic acids is 1. The van der Waals surface area contributed by atoms with Crippen LogP contribution < -0.4 is 4.74 Å². The maximum absolute atomic E-state index is 12.8. The number of carbonyl (C=O) groups is 2. The second kappa shape index (κ2) is 7.38. The van der Waals surface area contributed by atoms with Gasteiger partial charge in [-0.3, -0.25) is 9.59 Å². The van der Waals surface area contributed by atoms with Crippen molar-refractivity contribution in [3.63, 3.8) is 0 Å². The minimum absolute atomic E-state index is 0.0660. The molecule has 2 aromatic rings. The van der Waals surface area contributed by atoms with E-state index in [4.69, 9.17) is 9.84 Å². The van der Waals surface area contributed by atoms with Crippen LogP contribution in [0.3, 0.4) is 0 Å². The molecule has 1 N–H and O–H groups in total. The van der Waals surface area contributed by atoms with Crippen molar-refractivity contribution in [2.75, 3.05) is 20.2 Å². The number of carbonyl (C=O) groups excluding carboxylic acids is 1. The zero-order valence-electron chi connectivity index (χ0n) is 14.1. The van der Waals surface area contributed by atoms with E-state index in [1.165, 1.54) is 0 Å². The van der Waals surface area contributed by atoms with Gasteiger partial charge in [0, 0.05) is 24.2 Å². The van der Waals surface area contributed by atoms with Gasteiger partial charge in [0.05, 0.1) is 13.0 Å². The second-order valence-corrected chi connectivity index (χ2v) is 6.19. The molecule has 0 bridgehead atoms. The number of hydrogen-bond acceptors (Lipinski definition) is 3. The molecule has 0 unspecified atom stereocenters. The normalized spacial score (nSPS) is 15.0. The summed E-state index contributed by atoms with van der Waals surface area (Å²) in [7, 11) is 1.61. The highest BCUT2D eigenvalue weighted by atomic mass is 16.5. The zero-order chi connectivity index (χ0) is 17.8. The fourth-order valence-electron chi connectivity index (χ4n) is 3.20. The predicted octanol–water partition coefficient (Wildman–Crippen LogP) is 3.30. The average Bonchev–Trinajstić information content (AvgIpc) is 2.67. The van der Waals surface area contributed by atoms with Gasteiger partial charge in [-0.25, -0.2) is 0 Å². The van der Waals surface area contributed by atoms with Gasteiger partial charge in [-0.05, 0) is 36.6 Å². The third kappa shape index (κ3) is 3.65. The van der Waals surface area contributed by atoms with Crippen LogP contribution in [0.2, 0.25) is 0 Å². The first-order chi connectivity index (χ1) is 12.1. The molecule has 25 heavy (non-hydrogen) atoms. The molecule has 0 saturated carbocycles. The lowest BCUT2D eigenvalue weighted by Crippen LogP contribution is -2.40. The Labute approximate surface area is 146 Å². The summed E-state index contributed by atoms with van der Waals surface area (Å²) in [6.45, 7) is 0.949. The van der Waals surface area contributed by atoms with Crippen molar-refractivity contribution in [3.05, 3.63) is 54.1 Å². The highest BCUT2D eigenvalue weighted by molar-refractivity contribution is 5.96. The number of rotatable bonds is 4. The standard InChI is InChI=1S/C20H21NO4/c1-25-18-8-7-16(13-17(18)14-5-3-2-4-6-14)19(22)21-11-9-15(10-12-21)20(23)24/h2-8,13,15H,9-12H2,1H3,(H,23,24). The summed E-state index contributed by atoms with van der Waals surface area (Å²) >= 11 is 0. The number of amides is 1. The molecule has 1 saturated heterocycles. The van der Waals surface area contributed by atoms with Crippen molar-refractivity contribution in [3.8, 4) is 16.9 Å². The van der Waals surface area contributed by atoms with Crippen molar-refractivity contribution in [1.82, 2.24) is 4.90 Å². The number of piperidine rings is 1. The molecule has 0 atom stereocenters. The zero-order valence-corrected chi connectivity index (χ0v) is 14.1. The SMILES string of the molecule is COc1ccc(C(=O)N2CCC(C(=O)O)CC2)cc1-c1ccccc1. The maximum Gasteiger partial charge on any atom is 0.306 e. The van der Waals surface area contributed by atoms with Crippen molar-refractivity contribution in [2.24, 2.45) is 5.92 Å². The monoisotopic (exact) mass is 339 g/mol. The Balaban J connectivity index is 1.83. The van der Waals surface area contributed by atoms with Gasteiger partial charge < -0.3 is 14.7 Å². The van der Waals surface area contributed by atoms with Crippen LogP contribution in [-0.4, -0.2) is 42.1 Å². The van der Waals surface area contributed by atoms with Gasteiger partial charge in [0.2, 0.25) is 0 Å². The molecule has 0 radical (unpaired) electrons. The van der Waals surface area contributed by atoms with Gasteiger partial charge in [-0.1, -0.05) is 30.3 Å². The Bertz CT molecular complexity index is 765. The summed E-state index contributed by atoms with van der Waals surface area (Å²) < 4.78 is 5.43. The summed E-state index contributed by atoms with van der Waals surface area (Å²) in [5, 5.41) is 9.08. The fraction of sp³-hybridized carbons (Fsp3) is 0.300. The van der Waals surface area contributed by atoms with Gasteiger partial charge in [0.25, 0.3) is 5.91 Å². The summed E-state index contributed by atoms with van der Waals surface area (Å²) in [4.78, 5) is 25.6. The summed E-state index contributed by atoms with van der Waals surface area (Å²) in [6.07, 6.45) is 1.01. The number of benzene rings is 2. The van der Waals surface area contributed by atoms with Gasteiger partial charge in [-0.15, -0.1) is 0 Å². The molecule has 1 amide bonds. The van der Waals surface area contributed by atoms with E-state index in [2.05, 4.69) is 0 Å². The maximum atomic E-state index is 12.8. The molecule has 3 rings (SSSR count). The van der Waals surface area contributed by atoms with E-state index >= 15 is 0 Å². The second-order valence-electron chi connectivity index (χ2n) is 6.19. The molecule has 0 aromatic heterocycles. The average molecular weight is 339 g/mol. The Kier molecular flexibility index (Phi) is 5.03. The van der Waals surface area contributed by atoms with Gasteiger partial charge in [0.1, 0.15) is 5.75 Å². The highest BCUT2D eigenvalue weighted by Crippen LogP contribution is 2.31. The van der Waals surface area contributed by atoms with E-state index in [-0.39, 0.29) is 11.8 Å². The van der Waals surface area contributed by atoms with E-state index in [0.717, 1.165) is 11.1 Å². The predicted molar refractivity (Wildman–Crippen MR) is 94.7 cm³/mol. The quantitative estimate of drug-likeness (QED) is 0.928. The molecule has 0 spiro atoms. The Morgan fingerprint density at radius 2 is 1.76 bits per heavy atom. The van der Waals surface area contributed by atoms with Crippen LogP contribution >= 0.6 is 0 Å². The lowest BCUT2D eigenvalue weighted by Gasteiger charge is -2.30. The minimum Gasteiger partial charge on any atom is -0.496 e. The highest BCUT2D eigenvalue weighted by Gasteiger charge is 2.27. The van der Waals surface area contributed by atoms with Crippen LogP contribution in [0, 0.1) is 5.92 Å². The first-order valence-corrected chi connectivity index (χ1v) is 8.35. The van der Waals surface area contributed by atoms with E-state index in [0.29, 0.717) is 37.2 Å². The van der Waals surface area contributed by atoms with E-state index in [1.807, 2.05) is 36.4 Å². The van der Waals surface area contributed by atoms with Crippen LogP contribution in [-0.2, 0) is 4.79 Å². The molecular formula is C20H21NO4. The van der Waals surface area contributed by atoms with Crippen LogP contribution in [0.4, 0.5) is 0 Å². The third-order valence-corrected chi connectivity index (χ3v) is 4.66. The third-order valence-electron chi connectivity index (χ3n) is 4.66. The topological polar surface area (TPSA) is 66.8 Å². The number of carboxylic acid groups (broad SMARTS) is 1. The van der Waals surface area contributed by atoms with E-state index < -0.39 is 5.97 Å². The molecule has 1 heterocycles. The summed E-state index contributed by atoms with van der Waals surface area (Å²) in [5.41, 5.74) is 2.45. The van der Waals surface area contributed by atoms with Crippen LogP contribution in [0.15, 0.2) is 48.5 Å². The number of hydrogen-bond donors (Lipinski definition) is 1. The van der Waals surface area contributed by atoms with Crippen LogP contribution in [0.25, 0.3) is 11.1 Å². The Morgan fingerprint density at radius 1 is 1.08 bits per heavy atom. The molecule has 1 aliphatic rings. The Morgan fingerprint density at radius 3 is 2.36 bits per heavy atom. The largest absolute Gasteiger partial charge is 0.496 e. The molecule has 1 fully saturated rings. The van der Waals surface area contributed by atoms with Crippen molar-refractivity contribution < 1.29 is 19.4 Å². The van der Waals surface area contributed by atoms with Crippen molar-refractivity contribution >= 4 is 11.9 Å². The Hall–Kier alpha value is -2.82. The van der Waals surface area contributed by atoms with Gasteiger partial charge in [0.15, 0.2) is 0 Å². The van der Waals surface area contributed by atoms with E-state index in [1.54, 1.807) is 24.1 Å². The number of ether oxygens (including phenoxy) is 1. The van der Waals surface area contributed by atoms with Gasteiger partial charge in [-0.2, -0.15) is 0 Å². The number of aliphatic carboxylic acids is 1. The summed E-state index contributed by atoms with van der Waals surface area (Å²) in [5.74, 6) is -0.473. The molecular weight excluding hydrogens is 318 g/mol. The smallest absolute Gasteiger partial charge is 0.306 e. The van der Waals surface area contributed by atoms with Crippen molar-refractivity contribution in [1.29, 1.82) is 0 Å². The minimum atomic E-state index is -0.775. The molecule has 130 valence electrons. The summed E-state index contributed by atoms with van der Waals surface area (Å²) in [6, 6.07) is 15.2. The number of methoxy groups -OCH3 is 1. The first-order valence-electron chi connectivity index (χ1n) is 8.35. The van der Waals surface area contributed by atoms with Gasteiger partial charge >= 0.3 is 5.97 Å². The van der Waals surface area contributed by atoms with Crippen LogP contribution in [0.5, 0.6) is 5.75 Å². The van der Waals surface area contributed by atoms with Crippen molar-refractivity contribution in [2.45, 2.75) is 12.8 Å². The molecule has 5 heteroatoms. The molecule has 5 nitrogen and oxygen atoms in total. The fourth-order valence-corrected chi connectivity index (χ4v) is 3.20. The molecule has 2 aromatic carbocycles.